The number of hydrogen-bond acceptors (Lipinski definition) is 7. The van der Waals surface area contributed by atoms with Gasteiger partial charge in [0.1, 0.15) is 17.5 Å². The van der Waals surface area contributed by atoms with Gasteiger partial charge in [-0.05, 0) is 56.4 Å². The summed E-state index contributed by atoms with van der Waals surface area (Å²) in [5, 5.41) is 2.81. The third kappa shape index (κ3) is 4.54. The van der Waals surface area contributed by atoms with Crippen LogP contribution in [0.15, 0.2) is 29.2 Å². The van der Waals surface area contributed by atoms with Crippen molar-refractivity contribution in [2.24, 2.45) is 0 Å². The molecule has 176 valence electrons. The molecule has 1 amide bonds. The predicted octanol–water partition coefficient (Wildman–Crippen LogP) is 2.17. The average molecular weight is 471 g/mol. The summed E-state index contributed by atoms with van der Waals surface area (Å²) in [6.07, 6.45) is 4.58. The van der Waals surface area contributed by atoms with E-state index in [9.17, 15) is 13.2 Å². The standard InChI is InChI=1S/C23H30N6O3S/c1-17-24-21(27-9-3-2-4-10-27)16-22(25-17)28-11-13-29(14-12-28)33(31,32)19-6-7-20-18(15-19)5-8-23(30)26-20/h6-7,15-16H,2-5,8-14H2,1H3,(H,26,30). The fourth-order valence-electron chi connectivity index (χ4n) is 4.81. The average Bonchev–Trinajstić information content (AvgIpc) is 2.84. The molecular weight excluding hydrogens is 440 g/mol. The lowest BCUT2D eigenvalue weighted by molar-refractivity contribution is -0.116. The summed E-state index contributed by atoms with van der Waals surface area (Å²) >= 11 is 0. The van der Waals surface area contributed by atoms with Crippen LogP contribution in [0.4, 0.5) is 17.3 Å². The van der Waals surface area contributed by atoms with E-state index in [0.29, 0.717) is 44.7 Å². The number of sulfonamides is 1. The van der Waals surface area contributed by atoms with Gasteiger partial charge in [0, 0.05) is 57.4 Å². The van der Waals surface area contributed by atoms with Gasteiger partial charge in [-0.3, -0.25) is 4.79 Å². The minimum atomic E-state index is -3.60. The van der Waals surface area contributed by atoms with Crippen LogP contribution >= 0.6 is 0 Å². The molecule has 10 heteroatoms. The summed E-state index contributed by atoms with van der Waals surface area (Å²) in [6.45, 7) is 5.91. The largest absolute Gasteiger partial charge is 0.356 e. The highest BCUT2D eigenvalue weighted by molar-refractivity contribution is 7.89. The van der Waals surface area contributed by atoms with Crippen LogP contribution in [0.1, 0.15) is 37.1 Å². The minimum Gasteiger partial charge on any atom is -0.356 e. The van der Waals surface area contributed by atoms with Crippen molar-refractivity contribution in [1.82, 2.24) is 14.3 Å². The van der Waals surface area contributed by atoms with Crippen LogP contribution < -0.4 is 15.1 Å². The number of anilines is 3. The van der Waals surface area contributed by atoms with E-state index in [1.54, 1.807) is 22.5 Å². The van der Waals surface area contributed by atoms with Gasteiger partial charge in [-0.15, -0.1) is 0 Å². The number of aromatic nitrogens is 2. The van der Waals surface area contributed by atoms with Gasteiger partial charge in [-0.2, -0.15) is 4.31 Å². The molecule has 0 aliphatic carbocycles. The first-order valence-electron chi connectivity index (χ1n) is 11.7. The Labute approximate surface area is 194 Å². The molecule has 3 aliphatic rings. The number of hydrogen-bond donors (Lipinski definition) is 1. The monoisotopic (exact) mass is 470 g/mol. The molecule has 1 N–H and O–H groups in total. The summed E-state index contributed by atoms with van der Waals surface area (Å²) < 4.78 is 28.1. The Bertz CT molecular complexity index is 1150. The normalized spacial score (nSPS) is 19.8. The third-order valence-electron chi connectivity index (χ3n) is 6.66. The molecule has 0 radical (unpaired) electrons. The molecule has 0 saturated carbocycles. The number of aryl methyl sites for hydroxylation is 2. The molecule has 0 atom stereocenters. The van der Waals surface area contributed by atoms with Crippen molar-refractivity contribution in [3.8, 4) is 0 Å². The second kappa shape index (κ2) is 8.90. The molecule has 2 fully saturated rings. The summed E-state index contributed by atoms with van der Waals surface area (Å²) in [5.74, 6) is 2.54. The Kier molecular flexibility index (Phi) is 5.96. The number of amides is 1. The first-order chi connectivity index (χ1) is 15.9. The highest BCUT2D eigenvalue weighted by Gasteiger charge is 2.30. The zero-order valence-corrected chi connectivity index (χ0v) is 19.8. The van der Waals surface area contributed by atoms with Gasteiger partial charge in [0.05, 0.1) is 4.90 Å². The highest BCUT2D eigenvalue weighted by Crippen LogP contribution is 2.28. The summed E-state index contributed by atoms with van der Waals surface area (Å²) in [4.78, 5) is 25.6. The fourth-order valence-corrected chi connectivity index (χ4v) is 6.28. The Morgan fingerprint density at radius 2 is 1.52 bits per heavy atom. The maximum Gasteiger partial charge on any atom is 0.243 e. The Morgan fingerprint density at radius 3 is 2.21 bits per heavy atom. The Hall–Kier alpha value is -2.72. The van der Waals surface area contributed by atoms with E-state index >= 15 is 0 Å². The van der Waals surface area contributed by atoms with Crippen molar-refractivity contribution in [2.45, 2.75) is 43.9 Å². The number of benzene rings is 1. The number of nitrogens with zero attached hydrogens (tertiary/aromatic N) is 5. The van der Waals surface area contributed by atoms with Gasteiger partial charge in [0.15, 0.2) is 0 Å². The quantitative estimate of drug-likeness (QED) is 0.731. The Morgan fingerprint density at radius 1 is 0.848 bits per heavy atom. The van der Waals surface area contributed by atoms with E-state index in [0.717, 1.165) is 36.1 Å². The zero-order chi connectivity index (χ0) is 23.0. The molecule has 4 heterocycles. The molecule has 33 heavy (non-hydrogen) atoms. The van der Waals surface area contributed by atoms with Crippen LogP contribution in [-0.4, -0.2) is 67.9 Å². The van der Waals surface area contributed by atoms with Crippen molar-refractivity contribution in [1.29, 1.82) is 0 Å². The van der Waals surface area contributed by atoms with Crippen LogP contribution in [0.25, 0.3) is 0 Å². The molecule has 1 aromatic heterocycles. The van der Waals surface area contributed by atoms with Crippen LogP contribution in [-0.2, 0) is 21.2 Å². The molecule has 0 spiro atoms. The van der Waals surface area contributed by atoms with Crippen LogP contribution in [0, 0.1) is 6.92 Å². The number of piperazine rings is 1. The van der Waals surface area contributed by atoms with Gasteiger partial charge in [0.2, 0.25) is 15.9 Å². The number of piperidine rings is 1. The van der Waals surface area contributed by atoms with Crippen molar-refractivity contribution in [3.63, 3.8) is 0 Å². The molecule has 9 nitrogen and oxygen atoms in total. The van der Waals surface area contributed by atoms with Crippen LogP contribution in [0.3, 0.4) is 0 Å². The summed E-state index contributed by atoms with van der Waals surface area (Å²) in [7, 11) is -3.60. The number of rotatable bonds is 4. The minimum absolute atomic E-state index is 0.0300. The van der Waals surface area contributed by atoms with Crippen molar-refractivity contribution in [2.75, 3.05) is 54.4 Å². The second-order valence-electron chi connectivity index (χ2n) is 8.94. The van der Waals surface area contributed by atoms with Crippen molar-refractivity contribution < 1.29 is 13.2 Å². The van der Waals surface area contributed by atoms with Crippen molar-refractivity contribution in [3.05, 3.63) is 35.7 Å². The van der Waals surface area contributed by atoms with E-state index in [4.69, 9.17) is 0 Å². The molecule has 5 rings (SSSR count). The van der Waals surface area contributed by atoms with Gasteiger partial charge in [0.25, 0.3) is 0 Å². The number of carbonyl (C=O) groups is 1. The number of fused-ring (bicyclic) bond motifs is 1. The van der Waals surface area contributed by atoms with E-state index < -0.39 is 10.0 Å². The lowest BCUT2D eigenvalue weighted by atomic mass is 10.0. The van der Waals surface area contributed by atoms with E-state index in [2.05, 4.69) is 25.1 Å². The molecular formula is C23H30N6O3S. The first kappa shape index (κ1) is 22.1. The molecule has 3 aliphatic heterocycles. The molecule has 1 aromatic carbocycles. The molecule has 0 unspecified atom stereocenters. The predicted molar refractivity (Wildman–Crippen MR) is 127 cm³/mol. The molecule has 2 saturated heterocycles. The van der Waals surface area contributed by atoms with E-state index in [-0.39, 0.29) is 10.8 Å². The lowest BCUT2D eigenvalue weighted by Crippen LogP contribution is -2.49. The van der Waals surface area contributed by atoms with Gasteiger partial charge >= 0.3 is 0 Å². The highest BCUT2D eigenvalue weighted by atomic mass is 32.2. The van der Waals surface area contributed by atoms with Gasteiger partial charge in [-0.25, -0.2) is 18.4 Å². The number of nitrogens with one attached hydrogen (secondary N) is 1. The SMILES string of the molecule is Cc1nc(N2CCCCC2)cc(N2CCN(S(=O)(=O)c3ccc4c(c3)CCC(=O)N4)CC2)n1. The van der Waals surface area contributed by atoms with Crippen molar-refractivity contribution >= 4 is 33.3 Å². The third-order valence-corrected chi connectivity index (χ3v) is 8.56. The lowest BCUT2D eigenvalue weighted by Gasteiger charge is -2.35. The van der Waals surface area contributed by atoms with Crippen LogP contribution in [0.5, 0.6) is 0 Å². The maximum atomic E-state index is 13.3. The smallest absolute Gasteiger partial charge is 0.243 e. The second-order valence-corrected chi connectivity index (χ2v) is 10.9. The van der Waals surface area contributed by atoms with E-state index in [1.807, 2.05) is 13.0 Å². The van der Waals surface area contributed by atoms with E-state index in [1.165, 1.54) is 19.3 Å². The summed E-state index contributed by atoms with van der Waals surface area (Å²) in [5.41, 5.74) is 1.58. The molecule has 0 bridgehead atoms. The summed E-state index contributed by atoms with van der Waals surface area (Å²) in [6, 6.07) is 7.03. The van der Waals surface area contributed by atoms with Gasteiger partial charge < -0.3 is 15.1 Å². The Balaban J connectivity index is 1.29. The zero-order valence-electron chi connectivity index (χ0n) is 19.0. The maximum absolute atomic E-state index is 13.3. The van der Waals surface area contributed by atoms with Gasteiger partial charge in [-0.1, -0.05) is 0 Å². The topological polar surface area (TPSA) is 98.7 Å². The van der Waals surface area contributed by atoms with Crippen LogP contribution in [0.2, 0.25) is 0 Å². The molecule has 2 aromatic rings. The first-order valence-corrected chi connectivity index (χ1v) is 13.1. The number of carbonyl (C=O) groups excluding carboxylic acids is 1. The fraction of sp³-hybridized carbons (Fsp3) is 0.522.